The first kappa shape index (κ1) is 13.3. The van der Waals surface area contributed by atoms with Crippen LogP contribution in [0.15, 0.2) is 47.4 Å². The molecule has 0 saturated carbocycles. The molecular weight excluding hydrogens is 273 g/mol. The van der Waals surface area contributed by atoms with Crippen LogP contribution in [-0.4, -0.2) is 18.9 Å². The lowest BCUT2D eigenvalue weighted by Gasteiger charge is -2.12. The highest BCUT2D eigenvalue weighted by Crippen LogP contribution is 2.36. The first-order valence-electron chi connectivity index (χ1n) is 6.58. The van der Waals surface area contributed by atoms with E-state index in [-0.39, 0.29) is 11.6 Å². The van der Waals surface area contributed by atoms with Gasteiger partial charge in [0.1, 0.15) is 0 Å². The van der Waals surface area contributed by atoms with Gasteiger partial charge in [-0.05, 0) is 30.2 Å². The summed E-state index contributed by atoms with van der Waals surface area (Å²) in [4.78, 5) is 1.37. The molecule has 1 aliphatic rings. The van der Waals surface area contributed by atoms with E-state index >= 15 is 0 Å². The van der Waals surface area contributed by atoms with E-state index in [2.05, 4.69) is 29.6 Å². The molecule has 0 aliphatic carbocycles. The van der Waals surface area contributed by atoms with Crippen molar-refractivity contribution in [2.24, 2.45) is 0 Å². The molecule has 0 radical (unpaired) electrons. The van der Waals surface area contributed by atoms with Gasteiger partial charge in [-0.3, -0.25) is 0 Å². The van der Waals surface area contributed by atoms with Crippen molar-refractivity contribution < 1.29 is 9.13 Å². The number of thioether (sulfide) groups is 1. The fourth-order valence-corrected chi connectivity index (χ4v) is 3.62. The van der Waals surface area contributed by atoms with Crippen molar-refractivity contribution in [3.8, 4) is 5.75 Å². The summed E-state index contributed by atoms with van der Waals surface area (Å²) in [5, 5.41) is 3.87. The van der Waals surface area contributed by atoms with E-state index in [0.717, 1.165) is 18.7 Å². The normalized spacial score (nSPS) is 16.8. The number of benzene rings is 2. The van der Waals surface area contributed by atoms with Crippen LogP contribution in [0.3, 0.4) is 0 Å². The Bertz CT molecular complexity index is 592. The zero-order chi connectivity index (χ0) is 13.9. The average Bonchev–Trinajstić information content (AvgIpc) is 2.89. The SMILES string of the molecule is COc1cc(NCC2Cc3ccccc3S2)ccc1F. The van der Waals surface area contributed by atoms with E-state index in [4.69, 9.17) is 4.74 Å². The fourth-order valence-electron chi connectivity index (χ4n) is 2.37. The second-order valence-electron chi connectivity index (χ2n) is 4.78. The molecule has 2 aromatic carbocycles. The first-order valence-corrected chi connectivity index (χ1v) is 7.46. The Morgan fingerprint density at radius 3 is 2.95 bits per heavy atom. The molecule has 1 heterocycles. The molecule has 0 bridgehead atoms. The minimum absolute atomic E-state index is 0.275. The molecule has 0 aromatic heterocycles. The summed E-state index contributed by atoms with van der Waals surface area (Å²) in [5.74, 6) is -0.0574. The minimum atomic E-state index is -0.333. The van der Waals surface area contributed by atoms with Crippen LogP contribution in [0.4, 0.5) is 10.1 Å². The van der Waals surface area contributed by atoms with Crippen molar-refractivity contribution in [2.75, 3.05) is 19.0 Å². The van der Waals surface area contributed by atoms with Gasteiger partial charge in [0.05, 0.1) is 7.11 Å². The average molecular weight is 289 g/mol. The molecule has 0 saturated heterocycles. The Kier molecular flexibility index (Phi) is 3.83. The topological polar surface area (TPSA) is 21.3 Å². The molecule has 0 fully saturated rings. The lowest BCUT2D eigenvalue weighted by Crippen LogP contribution is -2.15. The summed E-state index contributed by atoms with van der Waals surface area (Å²) in [6.07, 6.45) is 1.08. The van der Waals surface area contributed by atoms with Crippen LogP contribution >= 0.6 is 11.8 Å². The Labute approximate surface area is 122 Å². The standard InChI is InChI=1S/C16H16FNOS/c1-19-15-9-12(6-7-14(15)17)18-10-13-8-11-4-2-3-5-16(11)20-13/h2-7,9,13,18H,8,10H2,1H3. The van der Waals surface area contributed by atoms with Crippen LogP contribution in [0.2, 0.25) is 0 Å². The van der Waals surface area contributed by atoms with E-state index < -0.39 is 0 Å². The molecule has 0 spiro atoms. The summed E-state index contributed by atoms with van der Waals surface area (Å²) < 4.78 is 18.3. The Hall–Kier alpha value is -1.68. The number of methoxy groups -OCH3 is 1. The predicted molar refractivity (Wildman–Crippen MR) is 81.2 cm³/mol. The minimum Gasteiger partial charge on any atom is -0.494 e. The summed E-state index contributed by atoms with van der Waals surface area (Å²) in [6.45, 7) is 0.855. The van der Waals surface area contributed by atoms with E-state index in [9.17, 15) is 4.39 Å². The number of fused-ring (bicyclic) bond motifs is 1. The maximum absolute atomic E-state index is 13.3. The van der Waals surface area contributed by atoms with E-state index in [1.165, 1.54) is 23.6 Å². The quantitative estimate of drug-likeness (QED) is 0.920. The lowest BCUT2D eigenvalue weighted by molar-refractivity contribution is 0.387. The molecule has 4 heteroatoms. The van der Waals surface area contributed by atoms with Crippen molar-refractivity contribution >= 4 is 17.4 Å². The third-order valence-corrected chi connectivity index (χ3v) is 4.72. The van der Waals surface area contributed by atoms with Gasteiger partial charge in [0, 0.05) is 28.4 Å². The van der Waals surface area contributed by atoms with E-state index in [0.29, 0.717) is 5.25 Å². The third-order valence-electron chi connectivity index (χ3n) is 3.40. The molecule has 20 heavy (non-hydrogen) atoms. The highest BCUT2D eigenvalue weighted by Gasteiger charge is 2.21. The van der Waals surface area contributed by atoms with Gasteiger partial charge in [-0.25, -0.2) is 4.39 Å². The summed E-state index contributed by atoms with van der Waals surface area (Å²) in [6, 6.07) is 13.4. The summed E-state index contributed by atoms with van der Waals surface area (Å²) in [7, 11) is 1.48. The van der Waals surface area contributed by atoms with Gasteiger partial charge in [0.25, 0.3) is 0 Å². The lowest BCUT2D eigenvalue weighted by atomic mass is 10.1. The molecule has 0 amide bonds. The maximum Gasteiger partial charge on any atom is 0.165 e. The van der Waals surface area contributed by atoms with Crippen LogP contribution < -0.4 is 10.1 Å². The second-order valence-corrected chi connectivity index (χ2v) is 6.12. The number of ether oxygens (including phenoxy) is 1. The van der Waals surface area contributed by atoms with E-state index in [1.807, 2.05) is 11.8 Å². The van der Waals surface area contributed by atoms with Crippen LogP contribution in [0.25, 0.3) is 0 Å². The Balaban J connectivity index is 1.61. The number of nitrogens with one attached hydrogen (secondary N) is 1. The molecule has 1 unspecified atom stereocenters. The number of hydrogen-bond acceptors (Lipinski definition) is 3. The monoisotopic (exact) mass is 289 g/mol. The molecule has 1 N–H and O–H groups in total. The van der Waals surface area contributed by atoms with Gasteiger partial charge in [0.2, 0.25) is 0 Å². The smallest absolute Gasteiger partial charge is 0.165 e. The largest absolute Gasteiger partial charge is 0.494 e. The molecule has 3 rings (SSSR count). The number of rotatable bonds is 4. The third kappa shape index (κ3) is 2.75. The molecule has 1 aliphatic heterocycles. The maximum atomic E-state index is 13.3. The molecule has 1 atom stereocenters. The van der Waals surface area contributed by atoms with Gasteiger partial charge in [-0.2, -0.15) is 0 Å². The van der Waals surface area contributed by atoms with Crippen LogP contribution in [-0.2, 0) is 6.42 Å². The van der Waals surface area contributed by atoms with Gasteiger partial charge in [0.15, 0.2) is 11.6 Å². The van der Waals surface area contributed by atoms with Crippen LogP contribution in [0, 0.1) is 5.82 Å². The number of halogens is 1. The van der Waals surface area contributed by atoms with Gasteiger partial charge < -0.3 is 10.1 Å². The molecule has 104 valence electrons. The Morgan fingerprint density at radius 2 is 2.15 bits per heavy atom. The van der Waals surface area contributed by atoms with Crippen molar-refractivity contribution in [1.82, 2.24) is 0 Å². The zero-order valence-corrected chi connectivity index (χ0v) is 12.0. The Morgan fingerprint density at radius 1 is 1.30 bits per heavy atom. The van der Waals surface area contributed by atoms with E-state index in [1.54, 1.807) is 12.1 Å². The summed E-state index contributed by atoms with van der Waals surface area (Å²) in [5.41, 5.74) is 2.31. The highest BCUT2D eigenvalue weighted by atomic mass is 32.2. The fraction of sp³-hybridized carbons (Fsp3) is 0.250. The highest BCUT2D eigenvalue weighted by molar-refractivity contribution is 8.00. The van der Waals surface area contributed by atoms with Crippen molar-refractivity contribution in [3.05, 3.63) is 53.8 Å². The zero-order valence-electron chi connectivity index (χ0n) is 11.2. The van der Waals surface area contributed by atoms with Crippen LogP contribution in [0.5, 0.6) is 5.75 Å². The molecule has 2 aromatic rings. The van der Waals surface area contributed by atoms with Gasteiger partial charge >= 0.3 is 0 Å². The van der Waals surface area contributed by atoms with Crippen molar-refractivity contribution in [2.45, 2.75) is 16.6 Å². The van der Waals surface area contributed by atoms with Crippen molar-refractivity contribution in [3.63, 3.8) is 0 Å². The number of anilines is 1. The molecule has 2 nitrogen and oxygen atoms in total. The van der Waals surface area contributed by atoms with Gasteiger partial charge in [-0.15, -0.1) is 11.8 Å². The van der Waals surface area contributed by atoms with Crippen LogP contribution in [0.1, 0.15) is 5.56 Å². The number of hydrogen-bond donors (Lipinski definition) is 1. The van der Waals surface area contributed by atoms with Gasteiger partial charge in [-0.1, -0.05) is 18.2 Å². The summed E-state index contributed by atoms with van der Waals surface area (Å²) >= 11 is 1.90. The first-order chi connectivity index (χ1) is 9.76. The van der Waals surface area contributed by atoms with Crippen molar-refractivity contribution in [1.29, 1.82) is 0 Å². The predicted octanol–water partition coefficient (Wildman–Crippen LogP) is 3.96. The second kappa shape index (κ2) is 5.75. The molecular formula is C16H16FNOS.